The van der Waals surface area contributed by atoms with Gasteiger partial charge in [-0.25, -0.2) is 9.59 Å². The van der Waals surface area contributed by atoms with Gasteiger partial charge < -0.3 is 33.9 Å². The van der Waals surface area contributed by atoms with E-state index in [4.69, 9.17) is 14.2 Å². The second-order valence-corrected chi connectivity index (χ2v) is 8.16. The highest BCUT2D eigenvalue weighted by Crippen LogP contribution is 2.34. The van der Waals surface area contributed by atoms with Crippen molar-refractivity contribution in [2.45, 2.75) is 12.2 Å². The van der Waals surface area contributed by atoms with Crippen LogP contribution < -0.4 is 14.2 Å². The van der Waals surface area contributed by atoms with Gasteiger partial charge in [0.25, 0.3) is 0 Å². The van der Waals surface area contributed by atoms with E-state index in [1.165, 1.54) is 39.5 Å². The molecule has 0 aliphatic rings. The standard InChI is InChI=1S/C30H30O9/c1-35-26-18-22(10-15-25(26)32)30(39-24-13-6-21(7-14-24)9-17-29(34)37-3)27(19-31)38-23-11-4-20(5-12-23)8-16-28(33)36-2/h4-18,27,30-32H,19H2,1-3H3/b16-8+,17-9+. The zero-order valence-electron chi connectivity index (χ0n) is 21.8. The Kier molecular flexibility index (Phi) is 10.5. The molecule has 0 heterocycles. The van der Waals surface area contributed by atoms with Crippen molar-refractivity contribution >= 4 is 24.1 Å². The molecule has 3 rings (SSSR count). The summed E-state index contributed by atoms with van der Waals surface area (Å²) < 4.78 is 26.8. The van der Waals surface area contributed by atoms with Crippen molar-refractivity contribution in [3.8, 4) is 23.0 Å². The lowest BCUT2D eigenvalue weighted by molar-refractivity contribution is -0.135. The maximum Gasteiger partial charge on any atom is 0.330 e. The third-order valence-electron chi connectivity index (χ3n) is 5.59. The molecule has 3 aromatic rings. The molecule has 0 radical (unpaired) electrons. The zero-order chi connectivity index (χ0) is 28.2. The van der Waals surface area contributed by atoms with Crippen LogP contribution in [-0.2, 0) is 19.1 Å². The lowest BCUT2D eigenvalue weighted by atomic mass is 10.0. The van der Waals surface area contributed by atoms with Crippen molar-refractivity contribution in [2.24, 2.45) is 0 Å². The number of carbonyl (C=O) groups excluding carboxylic acids is 2. The van der Waals surface area contributed by atoms with Gasteiger partial charge in [0.05, 0.1) is 27.9 Å². The molecule has 0 aliphatic heterocycles. The average molecular weight is 535 g/mol. The second-order valence-electron chi connectivity index (χ2n) is 8.16. The van der Waals surface area contributed by atoms with E-state index in [1.807, 2.05) is 0 Å². The van der Waals surface area contributed by atoms with Gasteiger partial charge in [-0.15, -0.1) is 0 Å². The van der Waals surface area contributed by atoms with Crippen LogP contribution in [0, 0.1) is 0 Å². The summed E-state index contributed by atoms with van der Waals surface area (Å²) in [6.45, 7) is -0.391. The Labute approximate surface area is 226 Å². The molecule has 0 spiro atoms. The molecule has 204 valence electrons. The molecule has 3 aromatic carbocycles. The lowest BCUT2D eigenvalue weighted by Crippen LogP contribution is -2.33. The number of methoxy groups -OCH3 is 3. The molecule has 9 nitrogen and oxygen atoms in total. The summed E-state index contributed by atoms with van der Waals surface area (Å²) in [7, 11) is 4.04. The van der Waals surface area contributed by atoms with Crippen molar-refractivity contribution in [3.63, 3.8) is 0 Å². The highest BCUT2D eigenvalue weighted by molar-refractivity contribution is 5.87. The molecular formula is C30H30O9. The summed E-state index contributed by atoms with van der Waals surface area (Å²) in [6, 6.07) is 18.6. The Balaban J connectivity index is 1.87. The van der Waals surface area contributed by atoms with Crippen LogP contribution in [0.15, 0.2) is 78.9 Å². The summed E-state index contributed by atoms with van der Waals surface area (Å²) in [6.07, 6.45) is 4.19. The predicted molar refractivity (Wildman–Crippen MR) is 145 cm³/mol. The first kappa shape index (κ1) is 28.8. The fourth-order valence-electron chi connectivity index (χ4n) is 3.53. The number of phenolic OH excluding ortho intramolecular Hbond substituents is 1. The molecular weight excluding hydrogens is 504 g/mol. The number of hydrogen-bond donors (Lipinski definition) is 2. The largest absolute Gasteiger partial charge is 0.504 e. The molecule has 2 unspecified atom stereocenters. The fraction of sp³-hybridized carbons (Fsp3) is 0.200. The van der Waals surface area contributed by atoms with Crippen LogP contribution in [0.25, 0.3) is 12.2 Å². The van der Waals surface area contributed by atoms with Crippen LogP contribution in [0.5, 0.6) is 23.0 Å². The summed E-state index contributed by atoms with van der Waals surface area (Å²) in [5.41, 5.74) is 2.11. The van der Waals surface area contributed by atoms with E-state index < -0.39 is 30.8 Å². The van der Waals surface area contributed by atoms with Crippen LogP contribution in [0.2, 0.25) is 0 Å². The first-order chi connectivity index (χ1) is 18.9. The molecule has 0 aromatic heterocycles. The maximum atomic E-state index is 11.4. The second kappa shape index (κ2) is 14.3. The van der Waals surface area contributed by atoms with E-state index in [1.54, 1.807) is 72.8 Å². The SMILES string of the molecule is COC(=O)/C=C/c1ccc(OC(CO)C(Oc2ccc(/C=C/C(=O)OC)cc2)c2ccc(O)c(OC)c2)cc1. The van der Waals surface area contributed by atoms with Gasteiger partial charge in [0.2, 0.25) is 0 Å². The number of ether oxygens (including phenoxy) is 5. The molecule has 0 fully saturated rings. The van der Waals surface area contributed by atoms with Crippen molar-refractivity contribution in [2.75, 3.05) is 27.9 Å². The number of carbonyl (C=O) groups is 2. The highest BCUT2D eigenvalue weighted by Gasteiger charge is 2.28. The minimum Gasteiger partial charge on any atom is -0.504 e. The quantitative estimate of drug-likeness (QED) is 0.258. The summed E-state index contributed by atoms with van der Waals surface area (Å²) in [5, 5.41) is 20.4. The molecule has 39 heavy (non-hydrogen) atoms. The number of phenols is 1. The Morgan fingerprint density at radius 3 is 1.74 bits per heavy atom. The van der Waals surface area contributed by atoms with Crippen molar-refractivity contribution in [3.05, 3.63) is 95.6 Å². The smallest absolute Gasteiger partial charge is 0.330 e. The van der Waals surface area contributed by atoms with Crippen LogP contribution in [0.4, 0.5) is 0 Å². The third-order valence-corrected chi connectivity index (χ3v) is 5.59. The number of aromatic hydroxyl groups is 1. The number of benzene rings is 3. The van der Waals surface area contributed by atoms with Crippen LogP contribution in [0.1, 0.15) is 22.8 Å². The summed E-state index contributed by atoms with van der Waals surface area (Å²) in [5.74, 6) is 0.209. The van der Waals surface area contributed by atoms with E-state index in [9.17, 15) is 19.8 Å². The van der Waals surface area contributed by atoms with Crippen molar-refractivity contribution < 1.29 is 43.5 Å². The lowest BCUT2D eigenvalue weighted by Gasteiger charge is -2.28. The monoisotopic (exact) mass is 534 g/mol. The Bertz CT molecular complexity index is 1300. The molecule has 0 aliphatic carbocycles. The normalized spacial score (nSPS) is 12.6. The zero-order valence-corrected chi connectivity index (χ0v) is 21.8. The maximum absolute atomic E-state index is 11.4. The highest BCUT2D eigenvalue weighted by atomic mass is 16.6. The van der Waals surface area contributed by atoms with E-state index in [0.717, 1.165) is 11.1 Å². The number of aliphatic hydroxyl groups excluding tert-OH is 1. The molecule has 2 N–H and O–H groups in total. The number of rotatable bonds is 12. The molecule has 0 saturated carbocycles. The van der Waals surface area contributed by atoms with Gasteiger partial charge in [-0.3, -0.25) is 0 Å². The van der Waals surface area contributed by atoms with Gasteiger partial charge in [-0.1, -0.05) is 30.3 Å². The average Bonchev–Trinajstić information content (AvgIpc) is 2.97. The summed E-state index contributed by atoms with van der Waals surface area (Å²) in [4.78, 5) is 22.7. The minimum absolute atomic E-state index is 0.0428. The van der Waals surface area contributed by atoms with E-state index in [2.05, 4.69) is 9.47 Å². The van der Waals surface area contributed by atoms with E-state index in [-0.39, 0.29) is 11.5 Å². The number of aliphatic hydroxyl groups is 1. The van der Waals surface area contributed by atoms with Crippen molar-refractivity contribution in [1.29, 1.82) is 0 Å². The Hall–Kier alpha value is -4.76. The Morgan fingerprint density at radius 1 is 0.769 bits per heavy atom. The minimum atomic E-state index is -0.852. The first-order valence-corrected chi connectivity index (χ1v) is 11.9. The summed E-state index contributed by atoms with van der Waals surface area (Å²) >= 11 is 0. The number of hydrogen-bond acceptors (Lipinski definition) is 9. The first-order valence-electron chi connectivity index (χ1n) is 11.9. The van der Waals surface area contributed by atoms with Crippen LogP contribution >= 0.6 is 0 Å². The van der Waals surface area contributed by atoms with Gasteiger partial charge in [-0.05, 0) is 59.7 Å². The van der Waals surface area contributed by atoms with Gasteiger partial charge in [0.1, 0.15) is 11.5 Å². The molecule has 0 saturated heterocycles. The van der Waals surface area contributed by atoms with Gasteiger partial charge in [0.15, 0.2) is 23.7 Å². The van der Waals surface area contributed by atoms with Crippen LogP contribution in [-0.4, -0.2) is 56.2 Å². The van der Waals surface area contributed by atoms with Gasteiger partial charge in [0, 0.05) is 17.7 Å². The van der Waals surface area contributed by atoms with Crippen LogP contribution in [0.3, 0.4) is 0 Å². The van der Waals surface area contributed by atoms with E-state index in [0.29, 0.717) is 17.1 Å². The molecule has 0 amide bonds. The predicted octanol–water partition coefficient (Wildman–Crippen LogP) is 4.33. The third kappa shape index (κ3) is 8.37. The fourth-order valence-corrected chi connectivity index (χ4v) is 3.53. The number of esters is 2. The van der Waals surface area contributed by atoms with E-state index >= 15 is 0 Å². The Morgan fingerprint density at radius 2 is 1.28 bits per heavy atom. The molecule has 9 heteroatoms. The topological polar surface area (TPSA) is 121 Å². The molecule has 2 atom stereocenters. The van der Waals surface area contributed by atoms with Crippen molar-refractivity contribution in [1.82, 2.24) is 0 Å². The van der Waals surface area contributed by atoms with Gasteiger partial charge >= 0.3 is 11.9 Å². The van der Waals surface area contributed by atoms with Gasteiger partial charge in [-0.2, -0.15) is 0 Å². The molecule has 0 bridgehead atoms.